The number of aliphatic hydroxyl groups excluding tert-OH is 1. The first-order chi connectivity index (χ1) is 7.22. The molecule has 0 aromatic heterocycles. The first-order valence-electron chi connectivity index (χ1n) is 5.07. The van der Waals surface area contributed by atoms with Crippen LogP contribution in [-0.2, 0) is 4.79 Å². The molecule has 0 fully saturated rings. The summed E-state index contributed by atoms with van der Waals surface area (Å²) in [6, 6.07) is -0.396. The first-order valence-corrected chi connectivity index (χ1v) is 5.07. The highest BCUT2D eigenvalue weighted by Gasteiger charge is 2.27. The van der Waals surface area contributed by atoms with Crippen LogP contribution in [0.3, 0.4) is 0 Å². The van der Waals surface area contributed by atoms with Crippen LogP contribution in [0, 0.1) is 5.92 Å². The fourth-order valence-electron chi connectivity index (χ4n) is 0.827. The number of aliphatic hydroxyl groups is 1. The second-order valence-corrected chi connectivity index (χ2v) is 4.45. The molecule has 2 amide bonds. The van der Waals surface area contributed by atoms with Crippen molar-refractivity contribution in [3.8, 4) is 0 Å². The molecule has 0 rings (SSSR count). The van der Waals surface area contributed by atoms with Crippen LogP contribution in [-0.4, -0.2) is 52.9 Å². The lowest BCUT2D eigenvalue weighted by Gasteiger charge is -2.34. The first kappa shape index (κ1) is 14.7. The molecular weight excluding hydrogens is 212 g/mol. The maximum absolute atomic E-state index is 11.6. The quantitative estimate of drug-likeness (QED) is 0.628. The van der Waals surface area contributed by atoms with Crippen LogP contribution in [0.1, 0.15) is 20.8 Å². The van der Waals surface area contributed by atoms with Crippen molar-refractivity contribution in [2.75, 3.05) is 20.2 Å². The second-order valence-electron chi connectivity index (χ2n) is 4.45. The summed E-state index contributed by atoms with van der Waals surface area (Å²) in [6.07, 6.45) is 0. The van der Waals surface area contributed by atoms with Crippen LogP contribution < -0.4 is 5.32 Å². The van der Waals surface area contributed by atoms with E-state index in [0.717, 1.165) is 0 Å². The number of carbonyl (C=O) groups excluding carboxylic acids is 1. The Balaban J connectivity index is 4.22. The average Bonchev–Trinajstić information content (AvgIpc) is 2.23. The van der Waals surface area contributed by atoms with Gasteiger partial charge in [0.05, 0.1) is 18.1 Å². The van der Waals surface area contributed by atoms with E-state index in [1.807, 2.05) is 0 Å². The van der Waals surface area contributed by atoms with Crippen LogP contribution in [0.5, 0.6) is 0 Å². The molecular formula is C10H20N2O4. The fourth-order valence-corrected chi connectivity index (χ4v) is 0.827. The summed E-state index contributed by atoms with van der Waals surface area (Å²) in [6.45, 7) is 4.85. The van der Waals surface area contributed by atoms with Crippen molar-refractivity contribution in [2.24, 2.45) is 5.92 Å². The van der Waals surface area contributed by atoms with E-state index in [-0.39, 0.29) is 13.2 Å². The Kier molecular flexibility index (Phi) is 5.23. The van der Waals surface area contributed by atoms with Crippen molar-refractivity contribution in [1.29, 1.82) is 0 Å². The molecule has 0 spiro atoms. The van der Waals surface area contributed by atoms with Gasteiger partial charge in [-0.15, -0.1) is 0 Å². The smallest absolute Gasteiger partial charge is 0.317 e. The van der Waals surface area contributed by atoms with Crippen molar-refractivity contribution in [3.63, 3.8) is 0 Å². The molecule has 6 nitrogen and oxygen atoms in total. The van der Waals surface area contributed by atoms with Gasteiger partial charge in [0.15, 0.2) is 0 Å². The summed E-state index contributed by atoms with van der Waals surface area (Å²) in [7, 11) is 1.55. The van der Waals surface area contributed by atoms with E-state index in [1.54, 1.807) is 20.9 Å². The number of carboxylic acid groups (broad SMARTS) is 1. The van der Waals surface area contributed by atoms with E-state index in [4.69, 9.17) is 10.2 Å². The molecule has 0 aromatic carbocycles. The molecule has 0 saturated carbocycles. The molecule has 16 heavy (non-hydrogen) atoms. The van der Waals surface area contributed by atoms with Gasteiger partial charge in [-0.2, -0.15) is 0 Å². The van der Waals surface area contributed by atoms with Crippen molar-refractivity contribution in [1.82, 2.24) is 10.2 Å². The van der Waals surface area contributed by atoms with Crippen LogP contribution in [0.15, 0.2) is 0 Å². The molecule has 3 N–H and O–H groups in total. The Bertz CT molecular complexity index is 266. The highest BCUT2D eigenvalue weighted by atomic mass is 16.4. The fraction of sp³-hybridized carbons (Fsp3) is 0.800. The Morgan fingerprint density at radius 3 is 2.31 bits per heavy atom. The number of hydrogen-bond donors (Lipinski definition) is 3. The molecule has 1 unspecified atom stereocenters. The Morgan fingerprint density at radius 1 is 1.44 bits per heavy atom. The number of nitrogens with zero attached hydrogens (tertiary/aromatic N) is 1. The van der Waals surface area contributed by atoms with Crippen molar-refractivity contribution in [2.45, 2.75) is 26.3 Å². The third-order valence-electron chi connectivity index (χ3n) is 2.58. The lowest BCUT2D eigenvalue weighted by atomic mass is 10.1. The average molecular weight is 232 g/mol. The van der Waals surface area contributed by atoms with Gasteiger partial charge in [0, 0.05) is 13.6 Å². The van der Waals surface area contributed by atoms with Crippen LogP contribution in [0.25, 0.3) is 0 Å². The van der Waals surface area contributed by atoms with E-state index < -0.39 is 23.5 Å². The van der Waals surface area contributed by atoms with Crippen molar-refractivity contribution in [3.05, 3.63) is 0 Å². The van der Waals surface area contributed by atoms with E-state index in [0.29, 0.717) is 0 Å². The number of carboxylic acids is 1. The van der Waals surface area contributed by atoms with Crippen LogP contribution in [0.4, 0.5) is 4.79 Å². The SMILES string of the molecule is CC(CNC(=O)N(C)C(C)(C)CO)C(=O)O. The summed E-state index contributed by atoms with van der Waals surface area (Å²) in [5.41, 5.74) is -0.670. The number of likely N-dealkylation sites (N-methyl/N-ethyl adjacent to an activating group) is 1. The van der Waals surface area contributed by atoms with Gasteiger partial charge in [0.1, 0.15) is 0 Å². The van der Waals surface area contributed by atoms with Gasteiger partial charge in [-0.1, -0.05) is 6.92 Å². The predicted octanol–water partition coefficient (Wildman–Crippen LogP) is 0.119. The maximum atomic E-state index is 11.6. The molecule has 0 aliphatic heterocycles. The second kappa shape index (κ2) is 5.69. The van der Waals surface area contributed by atoms with Gasteiger partial charge in [0.25, 0.3) is 0 Å². The summed E-state index contributed by atoms with van der Waals surface area (Å²) in [5.74, 6) is -1.58. The molecule has 94 valence electrons. The number of hydrogen-bond acceptors (Lipinski definition) is 3. The maximum Gasteiger partial charge on any atom is 0.317 e. The van der Waals surface area contributed by atoms with Gasteiger partial charge < -0.3 is 20.4 Å². The van der Waals surface area contributed by atoms with Gasteiger partial charge in [-0.05, 0) is 13.8 Å². The van der Waals surface area contributed by atoms with Gasteiger partial charge in [0.2, 0.25) is 0 Å². The molecule has 0 aliphatic carbocycles. The molecule has 0 heterocycles. The highest BCUT2D eigenvalue weighted by molar-refractivity contribution is 5.76. The molecule has 1 atom stereocenters. The third kappa shape index (κ3) is 4.06. The Hall–Kier alpha value is -1.30. The molecule has 0 aliphatic rings. The monoisotopic (exact) mass is 232 g/mol. The zero-order chi connectivity index (χ0) is 12.9. The normalized spacial score (nSPS) is 13.1. The van der Waals surface area contributed by atoms with Gasteiger partial charge in [-0.3, -0.25) is 4.79 Å². The molecule has 0 aromatic rings. The summed E-state index contributed by atoms with van der Waals surface area (Å²) in [4.78, 5) is 23.5. The number of amides is 2. The summed E-state index contributed by atoms with van der Waals surface area (Å²) in [5, 5.41) is 20.2. The number of aliphatic carboxylic acids is 1. The minimum absolute atomic E-state index is 0.0695. The molecule has 0 radical (unpaired) electrons. The summed E-state index contributed by atoms with van der Waals surface area (Å²) >= 11 is 0. The van der Waals surface area contributed by atoms with Crippen LogP contribution >= 0.6 is 0 Å². The summed E-state index contributed by atoms with van der Waals surface area (Å²) < 4.78 is 0. The van der Waals surface area contributed by atoms with E-state index in [2.05, 4.69) is 5.32 Å². The standard InChI is InChI=1S/C10H20N2O4/c1-7(8(14)15)5-11-9(16)12(4)10(2,3)6-13/h7,13H,5-6H2,1-4H3,(H,11,16)(H,14,15). The topological polar surface area (TPSA) is 89.9 Å². The highest BCUT2D eigenvalue weighted by Crippen LogP contribution is 2.10. The van der Waals surface area contributed by atoms with Gasteiger partial charge >= 0.3 is 12.0 Å². The minimum Gasteiger partial charge on any atom is -0.481 e. The number of nitrogens with one attached hydrogen (secondary N) is 1. The predicted molar refractivity (Wildman–Crippen MR) is 59.1 cm³/mol. The number of urea groups is 1. The van der Waals surface area contributed by atoms with Crippen molar-refractivity contribution >= 4 is 12.0 Å². The Labute approximate surface area is 95.2 Å². The van der Waals surface area contributed by atoms with Gasteiger partial charge in [-0.25, -0.2) is 4.79 Å². The molecule has 0 bridgehead atoms. The largest absolute Gasteiger partial charge is 0.481 e. The molecule has 0 saturated heterocycles. The Morgan fingerprint density at radius 2 is 1.94 bits per heavy atom. The lowest BCUT2D eigenvalue weighted by molar-refractivity contribution is -0.140. The zero-order valence-electron chi connectivity index (χ0n) is 10.1. The number of rotatable bonds is 5. The zero-order valence-corrected chi connectivity index (χ0v) is 10.1. The molecule has 6 heteroatoms. The van der Waals surface area contributed by atoms with Crippen LogP contribution in [0.2, 0.25) is 0 Å². The van der Waals surface area contributed by atoms with E-state index in [1.165, 1.54) is 11.8 Å². The third-order valence-corrected chi connectivity index (χ3v) is 2.58. The van der Waals surface area contributed by atoms with E-state index in [9.17, 15) is 9.59 Å². The minimum atomic E-state index is -0.954. The lowest BCUT2D eigenvalue weighted by Crippen LogP contribution is -2.52. The van der Waals surface area contributed by atoms with Crippen molar-refractivity contribution < 1.29 is 19.8 Å². The number of carbonyl (C=O) groups is 2. The van der Waals surface area contributed by atoms with E-state index >= 15 is 0 Å².